The standard InChI is InChI=1S/C20H15BrIN5O2S/c21-13-7-14-15(29-10-28-14)8-16(13)30-20-25-17-18(23)24-9-27(19(17)26-20)5-4-11-2-1-3-12(22)6-11/h1-3,6-9H,4-5,10H2,(H2,23,25,26)/p+1. The molecule has 2 aromatic heterocycles. The van der Waals surface area contributed by atoms with Crippen LogP contribution in [0.3, 0.4) is 0 Å². The normalized spacial score (nSPS) is 12.6. The van der Waals surface area contributed by atoms with E-state index in [0.717, 1.165) is 50.2 Å². The molecule has 0 radical (unpaired) electrons. The van der Waals surface area contributed by atoms with E-state index in [-0.39, 0.29) is 6.79 Å². The second kappa shape index (κ2) is 8.23. The van der Waals surface area contributed by atoms with Crippen molar-refractivity contribution in [1.29, 1.82) is 0 Å². The SMILES string of the molecule is Nc1nc[n+](CCc2cccc(I)c2)c2nc(Sc3cc4c(cc3Br)OCO4)[nH]c12. The van der Waals surface area contributed by atoms with Crippen LogP contribution in [0.5, 0.6) is 11.5 Å². The van der Waals surface area contributed by atoms with Crippen LogP contribution < -0.4 is 19.8 Å². The lowest BCUT2D eigenvalue weighted by Gasteiger charge is -2.03. The molecule has 5 rings (SSSR count). The van der Waals surface area contributed by atoms with Gasteiger partial charge in [0.25, 0.3) is 5.65 Å². The first-order valence-electron chi connectivity index (χ1n) is 9.12. The van der Waals surface area contributed by atoms with Crippen molar-refractivity contribution in [3.8, 4) is 11.5 Å². The fraction of sp³-hybridized carbons (Fsp3) is 0.150. The van der Waals surface area contributed by atoms with Crippen LogP contribution in [-0.4, -0.2) is 21.7 Å². The Morgan fingerprint density at radius 3 is 2.90 bits per heavy atom. The van der Waals surface area contributed by atoms with E-state index in [1.165, 1.54) is 20.9 Å². The number of aromatic nitrogens is 4. The number of halogens is 2. The number of benzene rings is 2. The molecule has 0 spiro atoms. The molecule has 4 aromatic rings. The molecule has 2 aromatic carbocycles. The van der Waals surface area contributed by atoms with Crippen molar-refractivity contribution in [3.05, 3.63) is 56.3 Å². The largest absolute Gasteiger partial charge is 0.454 e. The number of nitrogens with zero attached hydrogens (tertiary/aromatic N) is 3. The van der Waals surface area contributed by atoms with E-state index < -0.39 is 0 Å². The lowest BCUT2D eigenvalue weighted by Crippen LogP contribution is -2.36. The lowest BCUT2D eigenvalue weighted by atomic mass is 10.1. The zero-order valence-corrected chi connectivity index (χ0v) is 20.1. The van der Waals surface area contributed by atoms with Gasteiger partial charge in [0.05, 0.1) is 6.54 Å². The van der Waals surface area contributed by atoms with Crippen LogP contribution in [0.15, 0.2) is 57.3 Å². The summed E-state index contributed by atoms with van der Waals surface area (Å²) in [6.07, 6.45) is 2.63. The zero-order chi connectivity index (χ0) is 20.7. The number of nitrogen functional groups attached to an aromatic ring is 1. The van der Waals surface area contributed by atoms with E-state index in [1.807, 2.05) is 16.7 Å². The summed E-state index contributed by atoms with van der Waals surface area (Å²) in [6.45, 7) is 0.996. The van der Waals surface area contributed by atoms with Crippen LogP contribution in [0.2, 0.25) is 0 Å². The predicted octanol–water partition coefficient (Wildman–Crippen LogP) is 4.32. The highest BCUT2D eigenvalue weighted by Crippen LogP contribution is 2.42. The molecule has 0 atom stereocenters. The van der Waals surface area contributed by atoms with Gasteiger partial charge in [0.1, 0.15) is 0 Å². The van der Waals surface area contributed by atoms with Gasteiger partial charge in [-0.3, -0.25) is 0 Å². The summed E-state index contributed by atoms with van der Waals surface area (Å²) >= 11 is 7.42. The second-order valence-corrected chi connectivity index (χ2v) is 9.81. The van der Waals surface area contributed by atoms with E-state index in [0.29, 0.717) is 5.82 Å². The molecule has 10 heteroatoms. The number of H-pyrrole nitrogens is 1. The number of hydrogen-bond acceptors (Lipinski definition) is 6. The Morgan fingerprint density at radius 2 is 2.07 bits per heavy atom. The van der Waals surface area contributed by atoms with Gasteiger partial charge >= 0.3 is 0 Å². The number of ether oxygens (including phenoxy) is 2. The second-order valence-electron chi connectivity index (χ2n) is 6.68. The number of anilines is 1. The van der Waals surface area contributed by atoms with Crippen molar-refractivity contribution in [2.24, 2.45) is 0 Å². The molecule has 0 fully saturated rings. The van der Waals surface area contributed by atoms with E-state index in [4.69, 9.17) is 20.2 Å². The predicted molar refractivity (Wildman–Crippen MR) is 126 cm³/mol. The Bertz CT molecular complexity index is 1270. The van der Waals surface area contributed by atoms with Gasteiger partial charge in [0.15, 0.2) is 17.0 Å². The van der Waals surface area contributed by atoms with Gasteiger partial charge in [-0.25, -0.2) is 4.57 Å². The number of nitrogens with one attached hydrogen (secondary N) is 1. The van der Waals surface area contributed by atoms with E-state index in [1.54, 1.807) is 6.33 Å². The maximum Gasteiger partial charge on any atom is 0.294 e. The molecule has 1 aliphatic heterocycles. The maximum atomic E-state index is 6.11. The first-order valence-corrected chi connectivity index (χ1v) is 11.8. The Balaban J connectivity index is 1.44. The third-order valence-corrected chi connectivity index (χ3v) is 7.23. The van der Waals surface area contributed by atoms with E-state index in [9.17, 15) is 0 Å². The lowest BCUT2D eigenvalue weighted by molar-refractivity contribution is -0.675. The highest BCUT2D eigenvalue weighted by molar-refractivity contribution is 14.1. The van der Waals surface area contributed by atoms with Crippen molar-refractivity contribution >= 4 is 67.3 Å². The molecule has 0 saturated carbocycles. The third kappa shape index (κ3) is 3.95. The van der Waals surface area contributed by atoms with E-state index >= 15 is 0 Å². The van der Waals surface area contributed by atoms with Crippen molar-refractivity contribution in [3.63, 3.8) is 0 Å². The average Bonchev–Trinajstić information content (AvgIpc) is 3.35. The highest BCUT2D eigenvalue weighted by atomic mass is 127. The molecular formula is C20H16BrIN5O2S+. The van der Waals surface area contributed by atoms with Crippen LogP contribution >= 0.6 is 50.3 Å². The summed E-state index contributed by atoms with van der Waals surface area (Å²) in [7, 11) is 0. The van der Waals surface area contributed by atoms with Crippen LogP contribution in [0.1, 0.15) is 5.56 Å². The quantitative estimate of drug-likeness (QED) is 0.263. The molecule has 152 valence electrons. The van der Waals surface area contributed by atoms with Gasteiger partial charge < -0.3 is 20.2 Å². The minimum absolute atomic E-state index is 0.239. The van der Waals surface area contributed by atoms with E-state index in [2.05, 4.69) is 72.8 Å². The first kappa shape index (κ1) is 19.9. The van der Waals surface area contributed by atoms with Crippen molar-refractivity contribution in [1.82, 2.24) is 15.0 Å². The fourth-order valence-corrected chi connectivity index (χ4v) is 5.20. The van der Waals surface area contributed by atoms with Gasteiger partial charge in [-0.05, 0) is 80.1 Å². The summed E-state index contributed by atoms with van der Waals surface area (Å²) in [5.41, 5.74) is 8.90. The van der Waals surface area contributed by atoms with Crippen molar-refractivity contribution in [2.45, 2.75) is 23.0 Å². The van der Waals surface area contributed by atoms with Gasteiger partial charge in [0.2, 0.25) is 24.1 Å². The average molecular weight is 597 g/mol. The van der Waals surface area contributed by atoms with Crippen LogP contribution in [0, 0.1) is 3.57 Å². The van der Waals surface area contributed by atoms with Gasteiger partial charge in [-0.2, -0.15) is 0 Å². The molecule has 1 aliphatic rings. The summed E-state index contributed by atoms with van der Waals surface area (Å²) < 4.78 is 15.1. The number of rotatable bonds is 5. The highest BCUT2D eigenvalue weighted by Gasteiger charge is 2.22. The Kier molecular flexibility index (Phi) is 5.46. The fourth-order valence-electron chi connectivity index (χ4n) is 3.22. The molecule has 7 nitrogen and oxygen atoms in total. The molecular weight excluding hydrogens is 581 g/mol. The molecule has 0 aliphatic carbocycles. The number of nitrogens with two attached hydrogens (primary N) is 1. The molecule has 0 unspecified atom stereocenters. The number of hydrogen-bond donors (Lipinski definition) is 2. The Hall–Kier alpha value is -2.05. The monoisotopic (exact) mass is 596 g/mol. The van der Waals surface area contributed by atoms with Crippen LogP contribution in [0.25, 0.3) is 11.2 Å². The van der Waals surface area contributed by atoms with Crippen LogP contribution in [0.4, 0.5) is 5.82 Å². The van der Waals surface area contributed by atoms with Gasteiger partial charge in [0, 0.05) is 19.4 Å². The number of imidazole rings is 1. The summed E-state index contributed by atoms with van der Waals surface area (Å²) in [5, 5.41) is 0.729. The van der Waals surface area contributed by atoms with Crippen LogP contribution in [-0.2, 0) is 13.0 Å². The Morgan fingerprint density at radius 1 is 1.23 bits per heavy atom. The summed E-state index contributed by atoms with van der Waals surface area (Å²) in [5.74, 6) is 1.89. The van der Waals surface area contributed by atoms with Crippen molar-refractivity contribution < 1.29 is 14.0 Å². The minimum Gasteiger partial charge on any atom is -0.454 e. The molecule has 3 N–H and O–H groups in total. The Labute approximate surface area is 198 Å². The molecule has 0 saturated heterocycles. The first-order chi connectivity index (χ1) is 14.6. The van der Waals surface area contributed by atoms with Crippen molar-refractivity contribution in [2.75, 3.05) is 12.5 Å². The molecule has 0 bridgehead atoms. The number of aryl methyl sites for hydroxylation is 2. The minimum atomic E-state index is 0.239. The summed E-state index contributed by atoms with van der Waals surface area (Å²) in [6, 6.07) is 12.3. The zero-order valence-electron chi connectivity index (χ0n) is 15.6. The molecule has 0 amide bonds. The maximum absolute atomic E-state index is 6.11. The third-order valence-electron chi connectivity index (χ3n) is 4.69. The van der Waals surface area contributed by atoms with Gasteiger partial charge in [-0.1, -0.05) is 22.1 Å². The smallest absolute Gasteiger partial charge is 0.294 e. The summed E-state index contributed by atoms with van der Waals surface area (Å²) in [4.78, 5) is 13.4. The topological polar surface area (TPSA) is 89.9 Å². The number of aromatic amines is 1. The molecule has 30 heavy (non-hydrogen) atoms. The van der Waals surface area contributed by atoms with Gasteiger partial charge in [-0.15, -0.1) is 0 Å². The number of fused-ring (bicyclic) bond motifs is 2. The molecule has 3 heterocycles.